The van der Waals surface area contributed by atoms with Crippen LogP contribution in [-0.4, -0.2) is 34.2 Å². The Morgan fingerprint density at radius 3 is 2.32 bits per heavy atom. The number of carboxylic acid groups (broad SMARTS) is 1. The van der Waals surface area contributed by atoms with Gasteiger partial charge in [-0.15, -0.1) is 0 Å². The third kappa shape index (κ3) is 4.67. The van der Waals surface area contributed by atoms with E-state index in [4.69, 9.17) is 5.11 Å². The van der Waals surface area contributed by atoms with Crippen LogP contribution in [0.3, 0.4) is 0 Å². The van der Waals surface area contributed by atoms with E-state index in [2.05, 4.69) is 50.5 Å². The molecule has 0 heterocycles. The largest absolute Gasteiger partial charge is 0.480 e. The lowest BCUT2D eigenvalue weighted by atomic mass is 10.1. The molecule has 0 saturated carbocycles. The molecule has 104 valence electrons. The van der Waals surface area contributed by atoms with Gasteiger partial charge in [0.25, 0.3) is 5.91 Å². The average Bonchev–Trinajstić information content (AvgIpc) is 2.29. The van der Waals surface area contributed by atoms with E-state index >= 15 is 0 Å². The van der Waals surface area contributed by atoms with Crippen molar-refractivity contribution in [1.29, 1.82) is 0 Å². The standard InChI is InChI=1S/C11H10I3NO4/c1-4(16)9(11(18)19)15-10(17)6-2-5(12)3-7(13)8(6)14/h2-4,9,16H,1H3,(H,15,17)(H,18,19)/t4-,9+/m1/s1. The van der Waals surface area contributed by atoms with Crippen molar-refractivity contribution in [3.63, 3.8) is 0 Å². The summed E-state index contributed by atoms with van der Waals surface area (Å²) < 4.78 is 2.56. The minimum absolute atomic E-state index is 0.406. The van der Waals surface area contributed by atoms with E-state index in [-0.39, 0.29) is 0 Å². The molecular formula is C11H10I3NO4. The van der Waals surface area contributed by atoms with Gasteiger partial charge in [-0.25, -0.2) is 4.79 Å². The van der Waals surface area contributed by atoms with Crippen molar-refractivity contribution in [3.05, 3.63) is 28.4 Å². The Hall–Kier alpha value is 0.310. The van der Waals surface area contributed by atoms with E-state index in [9.17, 15) is 14.7 Å². The molecule has 8 heteroatoms. The zero-order valence-electron chi connectivity index (χ0n) is 9.65. The van der Waals surface area contributed by atoms with Gasteiger partial charge in [0.1, 0.15) is 0 Å². The molecule has 0 fully saturated rings. The fraction of sp³-hybridized carbons (Fsp3) is 0.273. The molecule has 0 spiro atoms. The first-order valence-corrected chi connectivity index (χ1v) is 8.34. The highest BCUT2D eigenvalue weighted by Crippen LogP contribution is 2.23. The predicted octanol–water partition coefficient (Wildman–Crippen LogP) is 2.06. The first-order chi connectivity index (χ1) is 8.73. The Morgan fingerprint density at radius 2 is 1.84 bits per heavy atom. The highest BCUT2D eigenvalue weighted by atomic mass is 127. The number of aliphatic hydroxyl groups is 1. The lowest BCUT2D eigenvalue weighted by molar-refractivity contribution is -0.141. The third-order valence-electron chi connectivity index (χ3n) is 2.27. The Kier molecular flexibility index (Phi) is 6.72. The maximum atomic E-state index is 12.1. The van der Waals surface area contributed by atoms with Crippen molar-refractivity contribution < 1.29 is 19.8 Å². The Labute approximate surface area is 151 Å². The number of aliphatic carboxylic acids is 1. The molecule has 2 atom stereocenters. The highest BCUT2D eigenvalue weighted by Gasteiger charge is 2.26. The molecule has 1 rings (SSSR count). The maximum absolute atomic E-state index is 12.1. The molecule has 0 aliphatic carbocycles. The lowest BCUT2D eigenvalue weighted by Gasteiger charge is -2.17. The fourth-order valence-corrected chi connectivity index (χ4v) is 3.73. The molecule has 19 heavy (non-hydrogen) atoms. The van der Waals surface area contributed by atoms with Crippen molar-refractivity contribution in [2.24, 2.45) is 0 Å². The van der Waals surface area contributed by atoms with Crippen molar-refractivity contribution in [2.75, 3.05) is 0 Å². The number of nitrogens with one attached hydrogen (secondary N) is 1. The number of carbonyl (C=O) groups is 2. The molecule has 0 aliphatic heterocycles. The van der Waals surface area contributed by atoms with Crippen LogP contribution in [0.1, 0.15) is 17.3 Å². The summed E-state index contributed by atoms with van der Waals surface area (Å²) >= 11 is 6.24. The van der Waals surface area contributed by atoms with Crippen LogP contribution in [-0.2, 0) is 4.79 Å². The monoisotopic (exact) mass is 601 g/mol. The predicted molar refractivity (Wildman–Crippen MR) is 95.2 cm³/mol. The Morgan fingerprint density at radius 1 is 1.26 bits per heavy atom. The van der Waals surface area contributed by atoms with E-state index in [1.165, 1.54) is 6.92 Å². The number of benzene rings is 1. The Balaban J connectivity index is 3.04. The van der Waals surface area contributed by atoms with E-state index in [0.717, 1.165) is 10.7 Å². The molecule has 0 aromatic heterocycles. The van der Waals surface area contributed by atoms with Gasteiger partial charge in [-0.05, 0) is 86.8 Å². The van der Waals surface area contributed by atoms with Crippen molar-refractivity contribution in [3.8, 4) is 0 Å². The van der Waals surface area contributed by atoms with Crippen molar-refractivity contribution >= 4 is 79.6 Å². The molecular weight excluding hydrogens is 591 g/mol. The van der Waals surface area contributed by atoms with Gasteiger partial charge in [0, 0.05) is 10.7 Å². The summed E-state index contributed by atoms with van der Waals surface area (Å²) in [5.41, 5.74) is 0.406. The van der Waals surface area contributed by atoms with Gasteiger partial charge in [-0.2, -0.15) is 0 Å². The van der Waals surface area contributed by atoms with E-state index < -0.39 is 24.0 Å². The number of halogens is 3. The first kappa shape index (κ1) is 17.4. The van der Waals surface area contributed by atoms with Gasteiger partial charge >= 0.3 is 5.97 Å². The second kappa shape index (κ2) is 7.36. The minimum Gasteiger partial charge on any atom is -0.480 e. The van der Waals surface area contributed by atoms with Crippen molar-refractivity contribution in [2.45, 2.75) is 19.1 Å². The third-order valence-corrected chi connectivity index (χ3v) is 5.94. The van der Waals surface area contributed by atoms with Crippen LogP contribution >= 0.6 is 67.8 Å². The SMILES string of the molecule is C[C@@H](O)[C@H](NC(=O)c1cc(I)cc(I)c1I)C(=O)O. The van der Waals surface area contributed by atoms with Crippen LogP contribution in [0.25, 0.3) is 0 Å². The molecule has 1 aromatic rings. The number of hydrogen-bond acceptors (Lipinski definition) is 3. The summed E-state index contributed by atoms with van der Waals surface area (Å²) in [6.45, 7) is 1.32. The van der Waals surface area contributed by atoms with Crippen LogP contribution in [0.15, 0.2) is 12.1 Å². The number of hydrogen-bond donors (Lipinski definition) is 3. The molecule has 0 bridgehead atoms. The van der Waals surface area contributed by atoms with Gasteiger partial charge < -0.3 is 15.5 Å². The van der Waals surface area contributed by atoms with Crippen LogP contribution in [0.5, 0.6) is 0 Å². The number of aliphatic hydroxyl groups excluding tert-OH is 1. The van der Waals surface area contributed by atoms with Crippen LogP contribution in [0.2, 0.25) is 0 Å². The summed E-state index contributed by atoms with van der Waals surface area (Å²) in [5, 5.41) is 20.6. The molecule has 1 aromatic carbocycles. The first-order valence-electron chi connectivity index (χ1n) is 5.10. The molecule has 0 radical (unpaired) electrons. The Bertz CT molecular complexity index is 519. The summed E-state index contributed by atoms with van der Waals surface area (Å²) in [5.74, 6) is -1.77. The number of amides is 1. The summed E-state index contributed by atoms with van der Waals surface area (Å²) in [6, 6.07) is 2.28. The highest BCUT2D eigenvalue weighted by molar-refractivity contribution is 14.1. The summed E-state index contributed by atoms with van der Waals surface area (Å²) in [7, 11) is 0. The quantitative estimate of drug-likeness (QED) is 0.365. The molecule has 3 N–H and O–H groups in total. The van der Waals surface area contributed by atoms with Crippen LogP contribution < -0.4 is 5.32 Å². The molecule has 1 amide bonds. The van der Waals surface area contributed by atoms with Gasteiger partial charge in [-0.3, -0.25) is 4.79 Å². The zero-order chi connectivity index (χ0) is 14.7. The number of carbonyl (C=O) groups excluding carboxylic acids is 1. The molecule has 0 unspecified atom stereocenters. The normalized spacial score (nSPS) is 13.7. The van der Waals surface area contributed by atoms with Gasteiger partial charge in [0.2, 0.25) is 0 Å². The number of carboxylic acids is 1. The number of rotatable bonds is 4. The second-order valence-electron chi connectivity index (χ2n) is 3.78. The maximum Gasteiger partial charge on any atom is 0.328 e. The molecule has 0 saturated heterocycles. The van der Waals surface area contributed by atoms with E-state index in [1.807, 2.05) is 28.7 Å². The minimum atomic E-state index is -1.32. The smallest absolute Gasteiger partial charge is 0.328 e. The molecule has 5 nitrogen and oxygen atoms in total. The van der Waals surface area contributed by atoms with Gasteiger partial charge in [-0.1, -0.05) is 0 Å². The summed E-state index contributed by atoms with van der Waals surface area (Å²) in [6.07, 6.45) is -1.17. The average molecular weight is 601 g/mol. The van der Waals surface area contributed by atoms with Crippen molar-refractivity contribution in [1.82, 2.24) is 5.32 Å². The topological polar surface area (TPSA) is 86.6 Å². The lowest BCUT2D eigenvalue weighted by Crippen LogP contribution is -2.47. The van der Waals surface area contributed by atoms with Gasteiger partial charge in [0.05, 0.1) is 11.7 Å². The fourth-order valence-electron chi connectivity index (χ4n) is 1.33. The second-order valence-corrected chi connectivity index (χ2v) is 7.27. The summed E-state index contributed by atoms with van der Waals surface area (Å²) in [4.78, 5) is 23.0. The van der Waals surface area contributed by atoms with E-state index in [1.54, 1.807) is 6.07 Å². The van der Waals surface area contributed by atoms with Crippen LogP contribution in [0.4, 0.5) is 0 Å². The molecule has 0 aliphatic rings. The van der Waals surface area contributed by atoms with E-state index in [0.29, 0.717) is 5.56 Å². The van der Waals surface area contributed by atoms with Gasteiger partial charge in [0.15, 0.2) is 6.04 Å². The zero-order valence-corrected chi connectivity index (χ0v) is 16.1. The van der Waals surface area contributed by atoms with Crippen LogP contribution in [0, 0.1) is 10.7 Å².